The molecule has 1 heterocycles. The van der Waals surface area contributed by atoms with Crippen LogP contribution < -0.4 is 5.32 Å². The van der Waals surface area contributed by atoms with Crippen molar-refractivity contribution in [2.24, 2.45) is 0 Å². The molecular weight excluding hydrogens is 206 g/mol. The van der Waals surface area contributed by atoms with E-state index in [0.29, 0.717) is 0 Å². The Labute approximate surface area is 87.5 Å². The van der Waals surface area contributed by atoms with Gasteiger partial charge in [0, 0.05) is 23.4 Å². The van der Waals surface area contributed by atoms with Crippen molar-refractivity contribution in [2.75, 3.05) is 13.2 Å². The summed E-state index contributed by atoms with van der Waals surface area (Å²) in [4.78, 5) is 1.26. The third kappa shape index (κ3) is 4.62. The van der Waals surface area contributed by atoms with Crippen LogP contribution in [0.15, 0.2) is 11.4 Å². The van der Waals surface area contributed by atoms with Crippen LogP contribution in [-0.4, -0.2) is 18.3 Å². The minimum absolute atomic E-state index is 0.284. The molecule has 0 saturated heterocycles. The second-order valence-electron chi connectivity index (χ2n) is 2.84. The fraction of sp³-hybridized carbons (Fsp3) is 0.556. The number of aliphatic hydroxyl groups is 1. The van der Waals surface area contributed by atoms with Crippen LogP contribution in [0.25, 0.3) is 0 Å². The van der Waals surface area contributed by atoms with E-state index in [2.05, 4.69) is 5.32 Å². The van der Waals surface area contributed by atoms with E-state index in [-0.39, 0.29) is 6.61 Å². The zero-order valence-electron chi connectivity index (χ0n) is 7.42. The maximum absolute atomic E-state index is 8.54. The first-order valence-corrected chi connectivity index (χ1v) is 5.63. The zero-order valence-corrected chi connectivity index (χ0v) is 9.00. The predicted octanol–water partition coefficient (Wildman–Crippen LogP) is 2.26. The van der Waals surface area contributed by atoms with Gasteiger partial charge in [-0.15, -0.1) is 11.3 Å². The largest absolute Gasteiger partial charge is 0.396 e. The van der Waals surface area contributed by atoms with Crippen LogP contribution in [0.1, 0.15) is 17.7 Å². The molecule has 13 heavy (non-hydrogen) atoms. The fourth-order valence-electron chi connectivity index (χ4n) is 1.02. The first-order valence-electron chi connectivity index (χ1n) is 4.37. The van der Waals surface area contributed by atoms with E-state index in [1.807, 2.05) is 11.4 Å². The number of hydrogen-bond acceptors (Lipinski definition) is 3. The van der Waals surface area contributed by atoms with Crippen molar-refractivity contribution in [3.05, 3.63) is 21.3 Å². The minimum atomic E-state index is 0.284. The van der Waals surface area contributed by atoms with Crippen molar-refractivity contribution in [1.29, 1.82) is 0 Å². The molecule has 0 aliphatic rings. The molecule has 1 aromatic rings. The minimum Gasteiger partial charge on any atom is -0.396 e. The highest BCUT2D eigenvalue weighted by Crippen LogP contribution is 2.18. The van der Waals surface area contributed by atoms with E-state index in [0.717, 1.165) is 31.0 Å². The predicted molar refractivity (Wildman–Crippen MR) is 57.4 cm³/mol. The highest BCUT2D eigenvalue weighted by molar-refractivity contribution is 7.10. The lowest BCUT2D eigenvalue weighted by Crippen LogP contribution is -2.14. The van der Waals surface area contributed by atoms with Gasteiger partial charge in [-0.05, 0) is 25.5 Å². The van der Waals surface area contributed by atoms with Gasteiger partial charge < -0.3 is 10.4 Å². The molecule has 0 unspecified atom stereocenters. The summed E-state index contributed by atoms with van der Waals surface area (Å²) in [5.41, 5.74) is 0. The maximum atomic E-state index is 8.54. The quantitative estimate of drug-likeness (QED) is 0.720. The molecule has 0 spiro atoms. The molecule has 0 saturated carbocycles. The highest BCUT2D eigenvalue weighted by atomic mass is 35.5. The van der Waals surface area contributed by atoms with Gasteiger partial charge in [-0.3, -0.25) is 0 Å². The number of nitrogens with one attached hydrogen (secondary N) is 1. The molecule has 0 aliphatic carbocycles. The summed E-state index contributed by atoms with van der Waals surface area (Å²) < 4.78 is 0. The normalized spacial score (nSPS) is 10.6. The lowest BCUT2D eigenvalue weighted by Gasteiger charge is -2.00. The molecule has 0 fully saturated rings. The van der Waals surface area contributed by atoms with E-state index in [9.17, 15) is 0 Å². The van der Waals surface area contributed by atoms with Crippen LogP contribution in [0, 0.1) is 0 Å². The monoisotopic (exact) mass is 219 g/mol. The molecular formula is C9H14ClNOS. The summed E-state index contributed by atoms with van der Waals surface area (Å²) >= 11 is 7.44. The molecule has 1 rings (SSSR count). The fourth-order valence-corrected chi connectivity index (χ4v) is 2.06. The van der Waals surface area contributed by atoms with Gasteiger partial charge in [-0.1, -0.05) is 11.6 Å². The Bertz CT molecular complexity index is 239. The van der Waals surface area contributed by atoms with Crippen molar-refractivity contribution in [3.8, 4) is 0 Å². The second-order valence-corrected chi connectivity index (χ2v) is 4.27. The zero-order chi connectivity index (χ0) is 9.52. The molecule has 0 bridgehead atoms. The van der Waals surface area contributed by atoms with Gasteiger partial charge in [0.05, 0.1) is 5.02 Å². The number of hydrogen-bond donors (Lipinski definition) is 2. The molecule has 0 radical (unpaired) electrons. The Morgan fingerprint density at radius 1 is 1.46 bits per heavy atom. The Kier molecular flexibility index (Phi) is 5.39. The van der Waals surface area contributed by atoms with Crippen molar-refractivity contribution >= 4 is 22.9 Å². The number of rotatable bonds is 6. The average molecular weight is 220 g/mol. The summed E-state index contributed by atoms with van der Waals surface area (Å²) in [5, 5.41) is 14.6. The molecule has 0 amide bonds. The number of thiophene rings is 1. The smallest absolute Gasteiger partial charge is 0.0516 e. The standard InChI is InChI=1S/C9H14ClNOS/c10-8-5-9(13-7-8)6-11-3-1-2-4-12/h5,7,11-12H,1-4,6H2. The van der Waals surface area contributed by atoms with Crippen molar-refractivity contribution in [1.82, 2.24) is 5.32 Å². The second kappa shape index (κ2) is 6.38. The Balaban J connectivity index is 2.06. The van der Waals surface area contributed by atoms with E-state index < -0.39 is 0 Å². The molecule has 74 valence electrons. The first-order chi connectivity index (χ1) is 6.33. The lowest BCUT2D eigenvalue weighted by atomic mass is 10.3. The summed E-state index contributed by atoms with van der Waals surface area (Å²) in [7, 11) is 0. The summed E-state index contributed by atoms with van der Waals surface area (Å²) in [6.07, 6.45) is 1.90. The Morgan fingerprint density at radius 2 is 2.31 bits per heavy atom. The molecule has 1 aromatic heterocycles. The third-order valence-corrected chi connectivity index (χ3v) is 2.97. The molecule has 0 atom stereocenters. The topological polar surface area (TPSA) is 32.3 Å². The van der Waals surface area contributed by atoms with Crippen LogP contribution in [0.2, 0.25) is 5.02 Å². The summed E-state index contributed by atoms with van der Waals surface area (Å²) in [6.45, 7) is 2.12. The molecule has 2 N–H and O–H groups in total. The van der Waals surface area contributed by atoms with Crippen LogP contribution in [0.3, 0.4) is 0 Å². The van der Waals surface area contributed by atoms with E-state index in [1.165, 1.54) is 4.88 Å². The summed E-state index contributed by atoms with van der Waals surface area (Å²) in [5.74, 6) is 0. The van der Waals surface area contributed by atoms with E-state index in [4.69, 9.17) is 16.7 Å². The van der Waals surface area contributed by atoms with Gasteiger partial charge in [0.1, 0.15) is 0 Å². The van der Waals surface area contributed by atoms with Gasteiger partial charge in [-0.2, -0.15) is 0 Å². The van der Waals surface area contributed by atoms with E-state index >= 15 is 0 Å². The Morgan fingerprint density at radius 3 is 2.92 bits per heavy atom. The van der Waals surface area contributed by atoms with Crippen LogP contribution in [0.5, 0.6) is 0 Å². The van der Waals surface area contributed by atoms with Crippen LogP contribution in [-0.2, 0) is 6.54 Å². The van der Waals surface area contributed by atoms with Crippen LogP contribution >= 0.6 is 22.9 Å². The van der Waals surface area contributed by atoms with E-state index in [1.54, 1.807) is 11.3 Å². The average Bonchev–Trinajstić information content (AvgIpc) is 2.51. The van der Waals surface area contributed by atoms with Gasteiger partial charge in [0.15, 0.2) is 0 Å². The van der Waals surface area contributed by atoms with Crippen LogP contribution in [0.4, 0.5) is 0 Å². The summed E-state index contributed by atoms with van der Waals surface area (Å²) in [6, 6.07) is 1.98. The SMILES string of the molecule is OCCCCNCc1cc(Cl)cs1. The van der Waals surface area contributed by atoms with Gasteiger partial charge >= 0.3 is 0 Å². The van der Waals surface area contributed by atoms with Gasteiger partial charge in [0.25, 0.3) is 0 Å². The van der Waals surface area contributed by atoms with Crippen molar-refractivity contribution in [2.45, 2.75) is 19.4 Å². The third-order valence-electron chi connectivity index (χ3n) is 1.68. The maximum Gasteiger partial charge on any atom is 0.0516 e. The molecule has 2 nitrogen and oxygen atoms in total. The first kappa shape index (κ1) is 11.0. The van der Waals surface area contributed by atoms with Gasteiger partial charge in [0.2, 0.25) is 0 Å². The number of aliphatic hydroxyl groups excluding tert-OH is 1. The number of halogens is 1. The molecule has 0 aromatic carbocycles. The molecule has 0 aliphatic heterocycles. The van der Waals surface area contributed by atoms with Crippen molar-refractivity contribution < 1.29 is 5.11 Å². The van der Waals surface area contributed by atoms with Gasteiger partial charge in [-0.25, -0.2) is 0 Å². The van der Waals surface area contributed by atoms with Crippen molar-refractivity contribution in [3.63, 3.8) is 0 Å². The number of unbranched alkanes of at least 4 members (excludes halogenated alkanes) is 1. The Hall–Kier alpha value is -0.0900. The highest BCUT2D eigenvalue weighted by Gasteiger charge is 1.96. The molecule has 4 heteroatoms. The lowest BCUT2D eigenvalue weighted by molar-refractivity contribution is 0.283.